The number of hydrogen-bond acceptors (Lipinski definition) is 2. The predicted octanol–water partition coefficient (Wildman–Crippen LogP) is 3.15. The van der Waals surface area contributed by atoms with Crippen LogP contribution >= 0.6 is 11.6 Å². The van der Waals surface area contributed by atoms with Gasteiger partial charge in [-0.3, -0.25) is 0 Å². The Morgan fingerprint density at radius 1 is 1.29 bits per heavy atom. The minimum Gasteiger partial charge on any atom is -0.233 e. The number of rotatable bonds is 1. The number of fused-ring (bicyclic) bond motifs is 1. The van der Waals surface area contributed by atoms with Gasteiger partial charge >= 0.3 is 0 Å². The molecule has 0 radical (unpaired) electrons. The summed E-state index contributed by atoms with van der Waals surface area (Å²) in [6, 6.07) is 5.81. The van der Waals surface area contributed by atoms with Gasteiger partial charge in [-0.25, -0.2) is 9.97 Å². The number of pyridine rings is 2. The third kappa shape index (κ3) is 1.58. The third-order valence-corrected chi connectivity index (χ3v) is 2.49. The molecule has 0 atom stereocenters. The molecule has 2 aromatic rings. The van der Waals surface area contributed by atoms with Gasteiger partial charge in [0.1, 0.15) is 0 Å². The van der Waals surface area contributed by atoms with Crippen molar-refractivity contribution in [3.63, 3.8) is 0 Å². The van der Waals surface area contributed by atoms with E-state index >= 15 is 0 Å². The van der Waals surface area contributed by atoms with Gasteiger partial charge in [0.05, 0.1) is 5.02 Å². The van der Waals surface area contributed by atoms with Crippen LogP contribution in [0.4, 0.5) is 0 Å². The fraction of sp³-hybridized carbons (Fsp3) is 0.273. The topological polar surface area (TPSA) is 25.8 Å². The van der Waals surface area contributed by atoms with Crippen LogP contribution in [0.1, 0.15) is 18.3 Å². The van der Waals surface area contributed by atoms with Gasteiger partial charge in [-0.15, -0.1) is 0 Å². The molecular weight excluding hydrogens is 196 g/mol. The van der Waals surface area contributed by atoms with Crippen molar-refractivity contribution in [1.29, 1.82) is 0 Å². The van der Waals surface area contributed by atoms with E-state index < -0.39 is 0 Å². The lowest BCUT2D eigenvalue weighted by molar-refractivity contribution is 1.04. The van der Waals surface area contributed by atoms with E-state index in [-0.39, 0.29) is 0 Å². The molecule has 2 aromatic heterocycles. The molecule has 0 aliphatic carbocycles. The van der Waals surface area contributed by atoms with E-state index in [9.17, 15) is 0 Å². The fourth-order valence-electron chi connectivity index (χ4n) is 1.39. The van der Waals surface area contributed by atoms with Gasteiger partial charge in [0, 0.05) is 16.8 Å². The zero-order valence-corrected chi connectivity index (χ0v) is 8.97. The monoisotopic (exact) mass is 206 g/mol. The van der Waals surface area contributed by atoms with Gasteiger partial charge in [0.25, 0.3) is 0 Å². The molecule has 0 saturated carbocycles. The Balaban J connectivity index is 2.77. The smallest absolute Gasteiger partial charge is 0.161 e. The van der Waals surface area contributed by atoms with E-state index in [4.69, 9.17) is 11.6 Å². The van der Waals surface area contributed by atoms with Crippen LogP contribution in [0.15, 0.2) is 18.2 Å². The van der Waals surface area contributed by atoms with Crippen LogP contribution in [-0.2, 0) is 6.42 Å². The molecule has 0 spiro atoms. The molecule has 2 rings (SSSR count). The molecule has 2 heterocycles. The first kappa shape index (κ1) is 9.41. The molecule has 0 aliphatic heterocycles. The quantitative estimate of drug-likeness (QED) is 0.717. The van der Waals surface area contributed by atoms with E-state index in [1.165, 1.54) is 0 Å². The summed E-state index contributed by atoms with van der Waals surface area (Å²) < 4.78 is 0. The summed E-state index contributed by atoms with van der Waals surface area (Å²) in [5.74, 6) is 0. The second-order valence-corrected chi connectivity index (χ2v) is 3.68. The summed E-state index contributed by atoms with van der Waals surface area (Å²) in [4.78, 5) is 8.77. The van der Waals surface area contributed by atoms with E-state index in [0.29, 0.717) is 0 Å². The van der Waals surface area contributed by atoms with Crippen molar-refractivity contribution < 1.29 is 0 Å². The number of nitrogens with zero attached hydrogens (tertiary/aromatic N) is 2. The Labute approximate surface area is 88.0 Å². The van der Waals surface area contributed by atoms with Gasteiger partial charge in [-0.2, -0.15) is 0 Å². The van der Waals surface area contributed by atoms with E-state index in [1.54, 1.807) is 0 Å². The third-order valence-electron chi connectivity index (χ3n) is 2.18. The Morgan fingerprint density at radius 3 is 2.79 bits per heavy atom. The molecule has 3 heteroatoms. The van der Waals surface area contributed by atoms with Crippen molar-refractivity contribution in [2.24, 2.45) is 0 Å². The standard InChI is InChI=1S/C11H11ClN2/c1-3-8-6-10(12)9-5-4-7(2)13-11(9)14-8/h4-6H,3H2,1-2H3. The summed E-state index contributed by atoms with van der Waals surface area (Å²) in [6.45, 7) is 4.01. The predicted molar refractivity (Wildman–Crippen MR) is 58.7 cm³/mol. The van der Waals surface area contributed by atoms with Crippen LogP contribution in [0.3, 0.4) is 0 Å². The minimum absolute atomic E-state index is 0.736. The normalized spacial score (nSPS) is 10.8. The van der Waals surface area contributed by atoms with Crippen LogP contribution in [0, 0.1) is 6.92 Å². The van der Waals surface area contributed by atoms with Gasteiger partial charge in [0.2, 0.25) is 0 Å². The summed E-state index contributed by atoms with van der Waals surface area (Å²) in [5, 5.41) is 1.66. The largest absolute Gasteiger partial charge is 0.233 e. The summed E-state index contributed by atoms with van der Waals surface area (Å²) in [6.07, 6.45) is 0.880. The molecule has 0 fully saturated rings. The average Bonchev–Trinajstić information content (AvgIpc) is 2.16. The highest BCUT2D eigenvalue weighted by atomic mass is 35.5. The molecule has 0 aliphatic rings. The van der Waals surface area contributed by atoms with Crippen molar-refractivity contribution in [3.05, 3.63) is 34.6 Å². The van der Waals surface area contributed by atoms with Gasteiger partial charge in [-0.05, 0) is 31.5 Å². The van der Waals surface area contributed by atoms with Gasteiger partial charge in [0.15, 0.2) is 5.65 Å². The number of halogens is 1. The summed E-state index contributed by atoms with van der Waals surface area (Å²) >= 11 is 6.11. The fourth-order valence-corrected chi connectivity index (χ4v) is 1.66. The lowest BCUT2D eigenvalue weighted by Gasteiger charge is -2.03. The molecule has 0 aromatic carbocycles. The van der Waals surface area contributed by atoms with Crippen LogP contribution in [0.25, 0.3) is 11.0 Å². The van der Waals surface area contributed by atoms with Crippen molar-refractivity contribution in [1.82, 2.24) is 9.97 Å². The Morgan fingerprint density at radius 2 is 2.07 bits per heavy atom. The van der Waals surface area contributed by atoms with Crippen molar-refractivity contribution >= 4 is 22.6 Å². The highest BCUT2D eigenvalue weighted by Crippen LogP contribution is 2.22. The Bertz CT molecular complexity index is 480. The molecule has 0 unspecified atom stereocenters. The van der Waals surface area contributed by atoms with Crippen molar-refractivity contribution in [3.8, 4) is 0 Å². The van der Waals surface area contributed by atoms with Crippen molar-refractivity contribution in [2.45, 2.75) is 20.3 Å². The maximum atomic E-state index is 6.11. The zero-order chi connectivity index (χ0) is 10.1. The average molecular weight is 207 g/mol. The molecule has 0 amide bonds. The highest BCUT2D eigenvalue weighted by Gasteiger charge is 2.03. The first-order chi connectivity index (χ1) is 6.70. The zero-order valence-electron chi connectivity index (χ0n) is 8.21. The SMILES string of the molecule is CCc1cc(Cl)c2ccc(C)nc2n1. The van der Waals surface area contributed by atoms with E-state index in [2.05, 4.69) is 16.9 Å². The molecule has 0 N–H and O–H groups in total. The maximum Gasteiger partial charge on any atom is 0.161 e. The number of hydrogen-bond donors (Lipinski definition) is 0. The van der Waals surface area contributed by atoms with Crippen LogP contribution in [-0.4, -0.2) is 9.97 Å². The van der Waals surface area contributed by atoms with Crippen LogP contribution in [0.5, 0.6) is 0 Å². The molecule has 0 saturated heterocycles. The Kier molecular flexibility index (Phi) is 2.38. The van der Waals surface area contributed by atoms with Crippen LogP contribution in [0.2, 0.25) is 5.02 Å². The van der Waals surface area contributed by atoms with Gasteiger partial charge in [-0.1, -0.05) is 18.5 Å². The summed E-state index contributed by atoms with van der Waals surface area (Å²) in [7, 11) is 0. The molecule has 14 heavy (non-hydrogen) atoms. The maximum absolute atomic E-state index is 6.11. The lowest BCUT2D eigenvalue weighted by Crippen LogP contribution is -1.92. The molecule has 72 valence electrons. The first-order valence-electron chi connectivity index (χ1n) is 4.63. The second kappa shape index (κ2) is 3.54. The molecule has 0 bridgehead atoms. The van der Waals surface area contributed by atoms with Crippen molar-refractivity contribution in [2.75, 3.05) is 0 Å². The molecule has 2 nitrogen and oxygen atoms in total. The highest BCUT2D eigenvalue weighted by molar-refractivity contribution is 6.35. The number of aryl methyl sites for hydroxylation is 2. The minimum atomic E-state index is 0.736. The van der Waals surface area contributed by atoms with E-state index in [0.717, 1.165) is 33.9 Å². The lowest BCUT2D eigenvalue weighted by atomic mass is 10.2. The van der Waals surface area contributed by atoms with Gasteiger partial charge < -0.3 is 0 Å². The Hall–Kier alpha value is -1.15. The first-order valence-corrected chi connectivity index (χ1v) is 5.01. The second-order valence-electron chi connectivity index (χ2n) is 3.27. The number of aromatic nitrogens is 2. The summed E-state index contributed by atoms with van der Waals surface area (Å²) in [5.41, 5.74) is 2.70. The van der Waals surface area contributed by atoms with Crippen LogP contribution < -0.4 is 0 Å². The van der Waals surface area contributed by atoms with E-state index in [1.807, 2.05) is 25.1 Å². The molecular formula is C11H11ClN2.